The number of benzene rings is 1. The molecule has 132 valence electrons. The van der Waals surface area contributed by atoms with Crippen LogP contribution in [0.4, 0.5) is 5.82 Å². The molecule has 0 saturated carbocycles. The zero-order valence-electron chi connectivity index (χ0n) is 13.7. The maximum absolute atomic E-state index is 11.4. The zero-order chi connectivity index (χ0) is 17.8. The quantitative estimate of drug-likeness (QED) is 0.693. The Hall–Kier alpha value is -2.74. The Balaban J connectivity index is 1.93. The van der Waals surface area contributed by atoms with Crippen LogP contribution >= 0.6 is 0 Å². The van der Waals surface area contributed by atoms with Crippen molar-refractivity contribution in [2.24, 2.45) is 0 Å². The van der Waals surface area contributed by atoms with Crippen molar-refractivity contribution < 1.29 is 19.8 Å². The Kier molecular flexibility index (Phi) is 5.08. The molecule has 0 amide bonds. The molecular formula is C17H20N4O4. The van der Waals surface area contributed by atoms with Gasteiger partial charge in [-0.2, -0.15) is 0 Å². The molecule has 3 rings (SSSR count). The number of carbonyl (C=O) groups is 2. The lowest BCUT2D eigenvalue weighted by molar-refractivity contribution is -0.144. The summed E-state index contributed by atoms with van der Waals surface area (Å²) in [5.74, 6) is -1.46. The van der Waals surface area contributed by atoms with Crippen LogP contribution in [-0.2, 0) is 16.1 Å². The topological polar surface area (TPSA) is 116 Å². The highest BCUT2D eigenvalue weighted by atomic mass is 16.4. The Morgan fingerprint density at radius 3 is 2.56 bits per heavy atom. The summed E-state index contributed by atoms with van der Waals surface area (Å²) in [6.07, 6.45) is 1.77. The second-order valence-electron chi connectivity index (χ2n) is 6.12. The van der Waals surface area contributed by atoms with Crippen molar-refractivity contribution in [3.8, 4) is 0 Å². The van der Waals surface area contributed by atoms with E-state index < -0.39 is 24.4 Å². The summed E-state index contributed by atoms with van der Waals surface area (Å²) >= 11 is 0. The molecule has 1 saturated heterocycles. The largest absolute Gasteiger partial charge is 0.481 e. The van der Waals surface area contributed by atoms with Crippen molar-refractivity contribution in [2.75, 3.05) is 18.4 Å². The number of aromatic nitrogens is 2. The SMILES string of the molecule is O=C(O)CC(Nc1nc(CN2CCCC2)nc2ccccc12)C(=O)O. The molecule has 1 aromatic carbocycles. The Morgan fingerprint density at radius 1 is 1.16 bits per heavy atom. The van der Waals surface area contributed by atoms with Gasteiger partial charge >= 0.3 is 11.9 Å². The molecule has 2 heterocycles. The van der Waals surface area contributed by atoms with E-state index in [9.17, 15) is 14.7 Å². The molecule has 25 heavy (non-hydrogen) atoms. The summed E-state index contributed by atoms with van der Waals surface area (Å²) in [6.45, 7) is 2.58. The fourth-order valence-electron chi connectivity index (χ4n) is 2.99. The number of carboxylic acid groups (broad SMARTS) is 2. The number of likely N-dealkylation sites (tertiary alicyclic amines) is 1. The van der Waals surface area contributed by atoms with Gasteiger partial charge in [0.25, 0.3) is 0 Å². The van der Waals surface area contributed by atoms with Crippen LogP contribution in [0.5, 0.6) is 0 Å². The number of anilines is 1. The van der Waals surface area contributed by atoms with E-state index in [1.165, 1.54) is 0 Å². The van der Waals surface area contributed by atoms with Gasteiger partial charge in [-0.25, -0.2) is 14.8 Å². The van der Waals surface area contributed by atoms with E-state index in [1.54, 1.807) is 6.07 Å². The van der Waals surface area contributed by atoms with Crippen LogP contribution in [0.2, 0.25) is 0 Å². The fourth-order valence-corrected chi connectivity index (χ4v) is 2.99. The van der Waals surface area contributed by atoms with Crippen LogP contribution in [0.1, 0.15) is 25.1 Å². The van der Waals surface area contributed by atoms with Crippen LogP contribution < -0.4 is 5.32 Å². The first kappa shape index (κ1) is 17.1. The highest BCUT2D eigenvalue weighted by Gasteiger charge is 2.23. The summed E-state index contributed by atoms with van der Waals surface area (Å²) < 4.78 is 0. The molecule has 0 bridgehead atoms. The number of carboxylic acids is 2. The highest BCUT2D eigenvalue weighted by Crippen LogP contribution is 2.22. The molecule has 0 radical (unpaired) electrons. The molecule has 8 heteroatoms. The second kappa shape index (κ2) is 7.43. The first-order valence-corrected chi connectivity index (χ1v) is 8.22. The molecule has 1 fully saturated rings. The molecular weight excluding hydrogens is 324 g/mol. The predicted molar refractivity (Wildman–Crippen MR) is 91.3 cm³/mol. The molecule has 0 spiro atoms. The minimum Gasteiger partial charge on any atom is -0.481 e. The minimum atomic E-state index is -1.25. The lowest BCUT2D eigenvalue weighted by Crippen LogP contribution is -2.32. The maximum atomic E-state index is 11.4. The van der Waals surface area contributed by atoms with Gasteiger partial charge in [-0.15, -0.1) is 0 Å². The van der Waals surface area contributed by atoms with Crippen LogP contribution in [0, 0.1) is 0 Å². The Labute approximate surface area is 144 Å². The van der Waals surface area contributed by atoms with Gasteiger partial charge < -0.3 is 15.5 Å². The number of nitrogens with zero attached hydrogens (tertiary/aromatic N) is 3. The average molecular weight is 344 g/mol. The van der Waals surface area contributed by atoms with Gasteiger partial charge in [-0.3, -0.25) is 9.69 Å². The molecule has 8 nitrogen and oxygen atoms in total. The number of para-hydroxylation sites is 1. The predicted octanol–water partition coefficient (Wildman–Crippen LogP) is 1.57. The lowest BCUT2D eigenvalue weighted by Gasteiger charge is -2.18. The summed E-state index contributed by atoms with van der Waals surface area (Å²) in [7, 11) is 0. The van der Waals surface area contributed by atoms with Gasteiger partial charge in [0.15, 0.2) is 0 Å². The van der Waals surface area contributed by atoms with Crippen molar-refractivity contribution >= 4 is 28.7 Å². The normalized spacial score (nSPS) is 16.0. The zero-order valence-corrected chi connectivity index (χ0v) is 13.7. The second-order valence-corrected chi connectivity index (χ2v) is 6.12. The van der Waals surface area contributed by atoms with Gasteiger partial charge in [-0.05, 0) is 38.1 Å². The van der Waals surface area contributed by atoms with Crippen LogP contribution in [0.15, 0.2) is 24.3 Å². The third kappa shape index (κ3) is 4.21. The molecule has 3 N–H and O–H groups in total. The lowest BCUT2D eigenvalue weighted by atomic mass is 10.2. The van der Waals surface area contributed by atoms with E-state index in [1.807, 2.05) is 18.2 Å². The number of hydrogen-bond acceptors (Lipinski definition) is 6. The third-order valence-corrected chi connectivity index (χ3v) is 4.20. The van der Waals surface area contributed by atoms with E-state index in [0.29, 0.717) is 29.1 Å². The fraction of sp³-hybridized carbons (Fsp3) is 0.412. The summed E-state index contributed by atoms with van der Waals surface area (Å²) in [5, 5.41) is 21.6. The van der Waals surface area contributed by atoms with Gasteiger partial charge in [0, 0.05) is 5.39 Å². The first-order chi connectivity index (χ1) is 12.0. The van der Waals surface area contributed by atoms with Crippen LogP contribution in [0.3, 0.4) is 0 Å². The number of nitrogens with one attached hydrogen (secondary N) is 1. The Bertz CT molecular complexity index is 789. The minimum absolute atomic E-state index is 0.355. The highest BCUT2D eigenvalue weighted by molar-refractivity contribution is 5.91. The molecule has 1 aromatic heterocycles. The molecule has 1 unspecified atom stereocenters. The smallest absolute Gasteiger partial charge is 0.326 e. The number of aliphatic carboxylic acids is 2. The van der Waals surface area contributed by atoms with Crippen molar-refractivity contribution in [2.45, 2.75) is 31.8 Å². The first-order valence-electron chi connectivity index (χ1n) is 8.22. The summed E-state index contributed by atoms with van der Waals surface area (Å²) in [5.41, 5.74) is 0.702. The van der Waals surface area contributed by atoms with Gasteiger partial charge in [-0.1, -0.05) is 12.1 Å². The molecule has 0 aliphatic carbocycles. The Morgan fingerprint density at radius 2 is 1.88 bits per heavy atom. The van der Waals surface area contributed by atoms with E-state index in [4.69, 9.17) is 5.11 Å². The van der Waals surface area contributed by atoms with E-state index in [-0.39, 0.29) is 0 Å². The number of fused-ring (bicyclic) bond motifs is 1. The van der Waals surface area contributed by atoms with Crippen LogP contribution in [0.25, 0.3) is 10.9 Å². The summed E-state index contributed by atoms with van der Waals surface area (Å²) in [6, 6.07) is 6.03. The van der Waals surface area contributed by atoms with Gasteiger partial charge in [0.1, 0.15) is 17.7 Å². The van der Waals surface area contributed by atoms with Crippen molar-refractivity contribution in [1.82, 2.24) is 14.9 Å². The number of hydrogen-bond donors (Lipinski definition) is 3. The molecule has 2 aromatic rings. The van der Waals surface area contributed by atoms with Crippen molar-refractivity contribution in [3.63, 3.8) is 0 Å². The standard InChI is InChI=1S/C17H20N4O4/c22-15(23)9-13(17(24)25)19-16-11-5-1-2-6-12(11)18-14(20-16)10-21-7-3-4-8-21/h1-2,5-6,13H,3-4,7-10H2,(H,22,23)(H,24,25)(H,18,19,20). The number of rotatable bonds is 7. The third-order valence-electron chi connectivity index (χ3n) is 4.20. The van der Waals surface area contributed by atoms with Gasteiger partial charge in [0.2, 0.25) is 0 Å². The monoisotopic (exact) mass is 344 g/mol. The average Bonchev–Trinajstić information content (AvgIpc) is 3.06. The van der Waals surface area contributed by atoms with Gasteiger partial charge in [0.05, 0.1) is 18.5 Å². The summed E-state index contributed by atoms with van der Waals surface area (Å²) in [4.78, 5) is 33.6. The van der Waals surface area contributed by atoms with E-state index in [0.717, 1.165) is 25.9 Å². The maximum Gasteiger partial charge on any atom is 0.326 e. The van der Waals surface area contributed by atoms with E-state index in [2.05, 4.69) is 20.2 Å². The molecule has 1 atom stereocenters. The van der Waals surface area contributed by atoms with Crippen LogP contribution in [-0.4, -0.2) is 56.2 Å². The molecule has 1 aliphatic heterocycles. The molecule has 1 aliphatic rings. The van der Waals surface area contributed by atoms with E-state index >= 15 is 0 Å². The van der Waals surface area contributed by atoms with Crippen molar-refractivity contribution in [3.05, 3.63) is 30.1 Å². The van der Waals surface area contributed by atoms with Crippen molar-refractivity contribution in [1.29, 1.82) is 0 Å².